The third kappa shape index (κ3) is 2.86. The summed E-state index contributed by atoms with van der Waals surface area (Å²) in [7, 11) is 0. The van der Waals surface area contributed by atoms with Crippen molar-refractivity contribution in [2.24, 2.45) is 0 Å². The summed E-state index contributed by atoms with van der Waals surface area (Å²) >= 11 is 1.83. The predicted octanol–water partition coefficient (Wildman–Crippen LogP) is 3.31. The third-order valence-electron chi connectivity index (χ3n) is 2.07. The molecule has 2 rings (SSSR count). The molecule has 0 saturated heterocycles. The molecule has 1 aromatic heterocycles. The van der Waals surface area contributed by atoms with E-state index < -0.39 is 0 Å². The Hall–Kier alpha value is -0.740. The fourth-order valence-corrected chi connectivity index (χ4v) is 2.00. The highest BCUT2D eigenvalue weighted by Crippen LogP contribution is 2.18. The largest absolute Gasteiger partial charge is 0.306 e. The molecule has 15 heavy (non-hydrogen) atoms. The molecule has 0 amide bonds. The summed E-state index contributed by atoms with van der Waals surface area (Å²) in [6.45, 7) is 0. The van der Waals surface area contributed by atoms with Gasteiger partial charge in [0.15, 0.2) is 0 Å². The van der Waals surface area contributed by atoms with Crippen molar-refractivity contribution in [3.05, 3.63) is 48.5 Å². The normalized spacial score (nSPS) is 9.67. The van der Waals surface area contributed by atoms with Gasteiger partial charge in [0.25, 0.3) is 0 Å². The van der Waals surface area contributed by atoms with E-state index in [9.17, 15) is 0 Å². The minimum atomic E-state index is 0. The lowest BCUT2D eigenvalue weighted by Gasteiger charge is -2.08. The minimum Gasteiger partial charge on any atom is -0.306 e. The summed E-state index contributed by atoms with van der Waals surface area (Å²) in [4.78, 5) is 4.06. The number of rotatable bonds is 3. The zero-order valence-electron chi connectivity index (χ0n) is 8.46. The van der Waals surface area contributed by atoms with Crippen molar-refractivity contribution in [2.75, 3.05) is 6.26 Å². The van der Waals surface area contributed by atoms with Crippen molar-refractivity contribution in [3.63, 3.8) is 0 Å². The van der Waals surface area contributed by atoms with Crippen LogP contribution >= 0.6 is 28.7 Å². The molecular formula is C11H13BrN2S. The first kappa shape index (κ1) is 12.3. The molecule has 80 valence electrons. The molecule has 4 heteroatoms. The van der Waals surface area contributed by atoms with E-state index >= 15 is 0 Å². The summed E-state index contributed by atoms with van der Waals surface area (Å²) in [5.74, 6) is 1.04. The van der Waals surface area contributed by atoms with E-state index in [1.54, 1.807) is 6.20 Å². The lowest BCUT2D eigenvalue weighted by Crippen LogP contribution is -1.95. The van der Waals surface area contributed by atoms with Crippen LogP contribution in [0.25, 0.3) is 5.69 Å². The van der Waals surface area contributed by atoms with Crippen LogP contribution in [-0.4, -0.2) is 15.8 Å². The van der Waals surface area contributed by atoms with E-state index in [1.807, 2.05) is 28.9 Å². The van der Waals surface area contributed by atoms with Crippen LogP contribution in [0.3, 0.4) is 0 Å². The van der Waals surface area contributed by atoms with E-state index in [2.05, 4.69) is 35.5 Å². The van der Waals surface area contributed by atoms with Gasteiger partial charge >= 0.3 is 0 Å². The fraction of sp³-hybridized carbons (Fsp3) is 0.182. The van der Waals surface area contributed by atoms with Gasteiger partial charge in [0.2, 0.25) is 0 Å². The minimum absolute atomic E-state index is 0. The van der Waals surface area contributed by atoms with Crippen LogP contribution in [0.2, 0.25) is 0 Å². The molecule has 0 saturated carbocycles. The SMILES string of the molecule is Br.CSCc1ccccc1-n1ccnc1. The standard InChI is InChI=1S/C11H12N2S.BrH/c1-14-8-10-4-2-3-5-11(10)13-7-6-12-9-13;/h2-7,9H,8H2,1H3;1H. The average molecular weight is 285 g/mol. The Morgan fingerprint density at radius 1 is 1.33 bits per heavy atom. The number of halogens is 1. The number of hydrogen-bond acceptors (Lipinski definition) is 2. The van der Waals surface area contributed by atoms with Crippen LogP contribution in [0.4, 0.5) is 0 Å². The average Bonchev–Trinajstić information content (AvgIpc) is 2.72. The van der Waals surface area contributed by atoms with Crippen LogP contribution in [0, 0.1) is 0 Å². The number of para-hydroxylation sites is 1. The Kier molecular flexibility index (Phi) is 4.91. The molecule has 0 fully saturated rings. The zero-order chi connectivity index (χ0) is 9.80. The molecular weight excluding hydrogens is 272 g/mol. The van der Waals surface area contributed by atoms with Crippen molar-refractivity contribution < 1.29 is 0 Å². The summed E-state index contributed by atoms with van der Waals surface area (Å²) in [5.41, 5.74) is 2.57. The second kappa shape index (κ2) is 5.98. The highest BCUT2D eigenvalue weighted by Gasteiger charge is 2.01. The Labute approximate surface area is 104 Å². The highest BCUT2D eigenvalue weighted by molar-refractivity contribution is 8.93. The molecule has 0 radical (unpaired) electrons. The van der Waals surface area contributed by atoms with E-state index in [1.165, 1.54) is 11.3 Å². The number of imidazole rings is 1. The van der Waals surface area contributed by atoms with Crippen molar-refractivity contribution in [1.29, 1.82) is 0 Å². The number of nitrogens with zero attached hydrogens (tertiary/aromatic N) is 2. The smallest absolute Gasteiger partial charge is 0.0991 e. The van der Waals surface area contributed by atoms with E-state index in [0.29, 0.717) is 0 Å². The van der Waals surface area contributed by atoms with E-state index in [-0.39, 0.29) is 17.0 Å². The lowest BCUT2D eigenvalue weighted by molar-refractivity contribution is 1.04. The second-order valence-electron chi connectivity index (χ2n) is 3.03. The summed E-state index contributed by atoms with van der Waals surface area (Å²) in [6, 6.07) is 8.41. The Morgan fingerprint density at radius 2 is 2.13 bits per heavy atom. The van der Waals surface area contributed by atoms with Gasteiger partial charge in [0, 0.05) is 18.1 Å². The number of benzene rings is 1. The molecule has 0 atom stereocenters. The van der Waals surface area contributed by atoms with Gasteiger partial charge in [-0.3, -0.25) is 0 Å². The molecule has 2 aromatic rings. The highest BCUT2D eigenvalue weighted by atomic mass is 79.9. The molecule has 0 unspecified atom stereocenters. The topological polar surface area (TPSA) is 17.8 Å². The molecule has 0 aliphatic rings. The van der Waals surface area contributed by atoms with Gasteiger partial charge in [-0.2, -0.15) is 11.8 Å². The Bertz CT molecular complexity index is 401. The quantitative estimate of drug-likeness (QED) is 0.861. The predicted molar refractivity (Wildman–Crippen MR) is 71.1 cm³/mol. The molecule has 0 N–H and O–H groups in total. The van der Waals surface area contributed by atoms with Crippen molar-refractivity contribution >= 4 is 28.7 Å². The first-order valence-electron chi connectivity index (χ1n) is 4.47. The maximum absolute atomic E-state index is 4.06. The van der Waals surface area contributed by atoms with E-state index in [0.717, 1.165) is 5.75 Å². The zero-order valence-corrected chi connectivity index (χ0v) is 11.0. The summed E-state index contributed by atoms with van der Waals surface area (Å²) < 4.78 is 2.05. The van der Waals surface area contributed by atoms with Gasteiger partial charge in [0.05, 0.1) is 12.0 Å². The molecule has 2 nitrogen and oxygen atoms in total. The van der Waals surface area contributed by atoms with Gasteiger partial charge in [0.1, 0.15) is 0 Å². The van der Waals surface area contributed by atoms with Gasteiger partial charge in [-0.15, -0.1) is 17.0 Å². The van der Waals surface area contributed by atoms with Gasteiger partial charge in [-0.05, 0) is 17.9 Å². The summed E-state index contributed by atoms with van der Waals surface area (Å²) in [5, 5.41) is 0. The van der Waals surface area contributed by atoms with Crippen LogP contribution < -0.4 is 0 Å². The second-order valence-corrected chi connectivity index (χ2v) is 3.90. The van der Waals surface area contributed by atoms with Gasteiger partial charge in [-0.25, -0.2) is 4.98 Å². The van der Waals surface area contributed by atoms with Gasteiger partial charge in [-0.1, -0.05) is 18.2 Å². The first-order chi connectivity index (χ1) is 6.92. The maximum atomic E-state index is 4.06. The third-order valence-corrected chi connectivity index (χ3v) is 2.67. The number of hydrogen-bond donors (Lipinski definition) is 0. The summed E-state index contributed by atoms with van der Waals surface area (Å²) in [6.07, 6.45) is 7.72. The monoisotopic (exact) mass is 284 g/mol. The van der Waals surface area contributed by atoms with E-state index in [4.69, 9.17) is 0 Å². The Morgan fingerprint density at radius 3 is 2.80 bits per heavy atom. The molecule has 0 spiro atoms. The first-order valence-corrected chi connectivity index (χ1v) is 5.86. The van der Waals surface area contributed by atoms with Gasteiger partial charge < -0.3 is 4.57 Å². The molecule has 0 bridgehead atoms. The molecule has 0 aliphatic heterocycles. The van der Waals surface area contributed by atoms with Crippen LogP contribution in [-0.2, 0) is 5.75 Å². The Balaban J connectivity index is 0.00000112. The lowest BCUT2D eigenvalue weighted by atomic mass is 10.2. The maximum Gasteiger partial charge on any atom is 0.0991 e. The van der Waals surface area contributed by atoms with Crippen LogP contribution in [0.1, 0.15) is 5.56 Å². The number of thioether (sulfide) groups is 1. The van der Waals surface area contributed by atoms with Crippen molar-refractivity contribution in [3.8, 4) is 5.69 Å². The van der Waals surface area contributed by atoms with Crippen LogP contribution in [0.15, 0.2) is 43.0 Å². The van der Waals surface area contributed by atoms with Crippen LogP contribution in [0.5, 0.6) is 0 Å². The molecule has 0 aliphatic carbocycles. The molecule has 1 heterocycles. The molecule has 1 aromatic carbocycles. The van der Waals surface area contributed by atoms with Crippen molar-refractivity contribution in [2.45, 2.75) is 5.75 Å². The number of aromatic nitrogens is 2. The fourth-order valence-electron chi connectivity index (χ4n) is 1.44. The van der Waals surface area contributed by atoms with Crippen molar-refractivity contribution in [1.82, 2.24) is 9.55 Å².